The Kier molecular flexibility index (Phi) is 2.56. The maximum atomic E-state index is 12.9. The van der Waals surface area contributed by atoms with Crippen molar-refractivity contribution < 1.29 is 8.78 Å². The lowest BCUT2D eigenvalue weighted by atomic mass is 10.2. The van der Waals surface area contributed by atoms with Crippen molar-refractivity contribution in [2.45, 2.75) is 6.92 Å². The molecule has 0 N–H and O–H groups in total. The Labute approximate surface area is 66.4 Å². The standard InChI is InChI=1S/C8H9F2P/c1-5-3-4-6(11-2)8(10)7(5)9/h3-4,11H,1-2H3. The van der Waals surface area contributed by atoms with Gasteiger partial charge in [0, 0.05) is 5.30 Å². The molecule has 0 saturated heterocycles. The van der Waals surface area contributed by atoms with Crippen LogP contribution in [-0.4, -0.2) is 6.66 Å². The summed E-state index contributed by atoms with van der Waals surface area (Å²) in [4.78, 5) is 0. The van der Waals surface area contributed by atoms with E-state index in [0.29, 0.717) is 19.4 Å². The largest absolute Gasteiger partial charge is 0.203 e. The molecular weight excluding hydrogens is 165 g/mol. The molecule has 11 heavy (non-hydrogen) atoms. The van der Waals surface area contributed by atoms with Crippen LogP contribution in [0.4, 0.5) is 8.78 Å². The Morgan fingerprint density at radius 1 is 1.18 bits per heavy atom. The summed E-state index contributed by atoms with van der Waals surface area (Å²) >= 11 is 0. The molecule has 1 aromatic carbocycles. The van der Waals surface area contributed by atoms with Gasteiger partial charge in [0.2, 0.25) is 0 Å². The Hall–Kier alpha value is -0.490. The minimum atomic E-state index is -0.711. The summed E-state index contributed by atoms with van der Waals surface area (Å²) in [6.45, 7) is 3.38. The van der Waals surface area contributed by atoms with Crippen LogP contribution in [0.15, 0.2) is 12.1 Å². The smallest absolute Gasteiger partial charge is 0.166 e. The fourth-order valence-corrected chi connectivity index (χ4v) is 1.42. The molecule has 1 atom stereocenters. The van der Waals surface area contributed by atoms with E-state index in [2.05, 4.69) is 0 Å². The molecule has 0 aliphatic heterocycles. The number of rotatable bonds is 1. The van der Waals surface area contributed by atoms with Gasteiger partial charge in [0.15, 0.2) is 11.6 Å². The quantitative estimate of drug-likeness (QED) is 0.572. The van der Waals surface area contributed by atoms with Crippen molar-refractivity contribution in [3.8, 4) is 0 Å². The summed E-state index contributed by atoms with van der Waals surface area (Å²) in [6.07, 6.45) is 0. The molecule has 1 aromatic rings. The maximum absolute atomic E-state index is 12.9. The Morgan fingerprint density at radius 3 is 2.36 bits per heavy atom. The summed E-state index contributed by atoms with van der Waals surface area (Å²) < 4.78 is 25.7. The number of hydrogen-bond donors (Lipinski definition) is 0. The van der Waals surface area contributed by atoms with E-state index < -0.39 is 11.6 Å². The van der Waals surface area contributed by atoms with Gasteiger partial charge in [0.25, 0.3) is 0 Å². The molecule has 1 unspecified atom stereocenters. The average molecular weight is 174 g/mol. The lowest BCUT2D eigenvalue weighted by molar-refractivity contribution is 0.509. The molecule has 0 aliphatic rings. The molecule has 0 aliphatic carbocycles. The van der Waals surface area contributed by atoms with Crippen LogP contribution in [0, 0.1) is 18.6 Å². The zero-order chi connectivity index (χ0) is 8.43. The van der Waals surface area contributed by atoms with Gasteiger partial charge in [-0.05, 0) is 19.2 Å². The number of aryl methyl sites for hydroxylation is 1. The first-order valence-corrected chi connectivity index (χ1v) is 4.79. The minimum absolute atomic E-state index is 0.307. The molecule has 60 valence electrons. The van der Waals surface area contributed by atoms with E-state index in [1.807, 2.05) is 6.66 Å². The molecule has 0 radical (unpaired) electrons. The summed E-state index contributed by atoms with van der Waals surface area (Å²) in [5.41, 5.74) is 0.365. The zero-order valence-corrected chi connectivity index (χ0v) is 7.41. The molecule has 0 nitrogen and oxygen atoms in total. The predicted octanol–water partition coefficient (Wildman–Crippen LogP) is 2.21. The SMILES string of the molecule is CPc1ccc(C)c(F)c1F. The highest BCUT2D eigenvalue weighted by Gasteiger charge is 2.08. The second-order valence-corrected chi connectivity index (χ2v) is 3.35. The van der Waals surface area contributed by atoms with Crippen LogP contribution in [0.5, 0.6) is 0 Å². The van der Waals surface area contributed by atoms with Crippen LogP contribution in [0.25, 0.3) is 0 Å². The highest BCUT2D eigenvalue weighted by atomic mass is 31.1. The van der Waals surface area contributed by atoms with E-state index in [-0.39, 0.29) is 0 Å². The van der Waals surface area contributed by atoms with Gasteiger partial charge < -0.3 is 0 Å². The third-order valence-corrected chi connectivity index (χ3v) is 2.47. The topological polar surface area (TPSA) is 0 Å². The summed E-state index contributed by atoms with van der Waals surface area (Å²) in [5, 5.41) is 0.466. The van der Waals surface area contributed by atoms with Gasteiger partial charge in [-0.25, -0.2) is 8.78 Å². The monoisotopic (exact) mass is 174 g/mol. The van der Waals surface area contributed by atoms with Crippen molar-refractivity contribution in [2.75, 3.05) is 6.66 Å². The Balaban J connectivity index is 3.25. The summed E-state index contributed by atoms with van der Waals surface area (Å²) in [5.74, 6) is -1.40. The van der Waals surface area contributed by atoms with Crippen LogP contribution >= 0.6 is 8.58 Å². The third-order valence-electron chi connectivity index (χ3n) is 1.54. The van der Waals surface area contributed by atoms with E-state index >= 15 is 0 Å². The van der Waals surface area contributed by atoms with Gasteiger partial charge in [-0.15, -0.1) is 0 Å². The first kappa shape index (κ1) is 8.61. The van der Waals surface area contributed by atoms with Gasteiger partial charge in [0.1, 0.15) is 0 Å². The second kappa shape index (κ2) is 3.27. The van der Waals surface area contributed by atoms with Crippen LogP contribution in [0.2, 0.25) is 0 Å². The van der Waals surface area contributed by atoms with Crippen LogP contribution in [-0.2, 0) is 0 Å². The van der Waals surface area contributed by atoms with Gasteiger partial charge in [-0.2, -0.15) is 0 Å². The molecule has 3 heteroatoms. The number of hydrogen-bond acceptors (Lipinski definition) is 0. The average Bonchev–Trinajstić information content (AvgIpc) is 2.01. The van der Waals surface area contributed by atoms with Crippen LogP contribution in [0.1, 0.15) is 5.56 Å². The lowest BCUT2D eigenvalue weighted by Gasteiger charge is -2.01. The Bertz CT molecular complexity index is 271. The van der Waals surface area contributed by atoms with Gasteiger partial charge >= 0.3 is 0 Å². The van der Waals surface area contributed by atoms with Crippen molar-refractivity contribution in [3.63, 3.8) is 0 Å². The Morgan fingerprint density at radius 2 is 1.82 bits per heavy atom. The van der Waals surface area contributed by atoms with E-state index in [4.69, 9.17) is 0 Å². The van der Waals surface area contributed by atoms with Crippen molar-refractivity contribution in [1.82, 2.24) is 0 Å². The predicted molar refractivity (Wildman–Crippen MR) is 45.0 cm³/mol. The van der Waals surface area contributed by atoms with Crippen LogP contribution in [0.3, 0.4) is 0 Å². The molecule has 0 saturated carbocycles. The second-order valence-electron chi connectivity index (χ2n) is 2.31. The number of benzene rings is 1. The first-order valence-electron chi connectivity index (χ1n) is 3.29. The third kappa shape index (κ3) is 1.57. The van der Waals surface area contributed by atoms with Crippen molar-refractivity contribution in [2.24, 2.45) is 0 Å². The zero-order valence-electron chi connectivity index (χ0n) is 6.41. The molecule has 0 spiro atoms. The van der Waals surface area contributed by atoms with Crippen molar-refractivity contribution >= 4 is 13.9 Å². The van der Waals surface area contributed by atoms with Gasteiger partial charge in [0.05, 0.1) is 0 Å². The first-order chi connectivity index (χ1) is 5.16. The summed E-state index contributed by atoms with van der Waals surface area (Å²) in [7, 11) is 0.307. The van der Waals surface area contributed by atoms with E-state index in [1.54, 1.807) is 19.1 Å². The fraction of sp³-hybridized carbons (Fsp3) is 0.250. The molecule has 1 rings (SSSR count). The highest BCUT2D eigenvalue weighted by molar-refractivity contribution is 7.46. The normalized spacial score (nSPS) is 11.3. The highest BCUT2D eigenvalue weighted by Crippen LogP contribution is 2.14. The van der Waals surface area contributed by atoms with E-state index in [9.17, 15) is 8.78 Å². The molecule has 0 amide bonds. The maximum Gasteiger partial charge on any atom is 0.166 e. The fourth-order valence-electron chi connectivity index (χ4n) is 0.839. The molecular formula is C8H9F2P. The minimum Gasteiger partial charge on any atom is -0.203 e. The molecule has 0 heterocycles. The van der Waals surface area contributed by atoms with Crippen LogP contribution < -0.4 is 5.30 Å². The van der Waals surface area contributed by atoms with Crippen molar-refractivity contribution in [3.05, 3.63) is 29.3 Å². The van der Waals surface area contributed by atoms with Gasteiger partial charge in [-0.3, -0.25) is 0 Å². The molecule has 0 aromatic heterocycles. The van der Waals surface area contributed by atoms with Crippen molar-refractivity contribution in [1.29, 1.82) is 0 Å². The molecule has 0 fully saturated rings. The molecule has 0 bridgehead atoms. The van der Waals surface area contributed by atoms with E-state index in [0.717, 1.165) is 0 Å². The number of halogens is 2. The van der Waals surface area contributed by atoms with E-state index in [1.165, 1.54) is 0 Å². The lowest BCUT2D eigenvalue weighted by Crippen LogP contribution is -2.05. The van der Waals surface area contributed by atoms with Gasteiger partial charge in [-0.1, -0.05) is 20.7 Å². The summed E-state index contributed by atoms with van der Waals surface area (Å²) in [6, 6.07) is 3.23.